The number of para-hydroxylation sites is 2. The van der Waals surface area contributed by atoms with E-state index in [4.69, 9.17) is 24.2 Å². The number of rotatable bonds is 4. The Morgan fingerprint density at radius 3 is 2.45 bits per heavy atom. The normalized spacial score (nSPS) is 16.2. The van der Waals surface area contributed by atoms with Crippen LogP contribution in [0.15, 0.2) is 76.7 Å². The van der Waals surface area contributed by atoms with Crippen molar-refractivity contribution in [2.75, 3.05) is 13.9 Å². The maximum Gasteiger partial charge on any atom is 0.256 e. The number of aliphatic imine (C=N–C) groups is 2. The Labute approximate surface area is 191 Å². The summed E-state index contributed by atoms with van der Waals surface area (Å²) >= 11 is 0. The molecule has 0 aromatic heterocycles. The van der Waals surface area contributed by atoms with Crippen molar-refractivity contribution in [2.24, 2.45) is 9.98 Å². The fraction of sp³-hybridized carbons (Fsp3) is 0.192. The molecule has 3 aromatic carbocycles. The first-order valence-corrected chi connectivity index (χ1v) is 10.8. The minimum absolute atomic E-state index is 0.153. The summed E-state index contributed by atoms with van der Waals surface area (Å²) in [6.07, 6.45) is 0.698. The zero-order valence-electron chi connectivity index (χ0n) is 18.4. The predicted octanol–water partition coefficient (Wildman–Crippen LogP) is 5.16. The lowest BCUT2D eigenvalue weighted by atomic mass is 9.90. The minimum atomic E-state index is -0.314. The van der Waals surface area contributed by atoms with Gasteiger partial charge in [0.25, 0.3) is 5.91 Å². The van der Waals surface area contributed by atoms with Crippen LogP contribution < -0.4 is 19.5 Å². The second-order valence-corrected chi connectivity index (χ2v) is 7.67. The standard InChI is InChI=1S/C26H23N3O4/c1-3-19-24(16-8-11-18(31-2)12-9-16)25(28-21-7-5-4-6-20(21)27-19)29-26(30)17-10-13-22-23(14-17)33-15-32-22/h4-14,24H,3,15H2,1-2H3,(H,28,29,30)/t24-/m0/s1. The van der Waals surface area contributed by atoms with Crippen molar-refractivity contribution in [1.29, 1.82) is 0 Å². The Morgan fingerprint density at radius 1 is 1.00 bits per heavy atom. The lowest BCUT2D eigenvalue weighted by Gasteiger charge is -2.21. The number of amidine groups is 1. The predicted molar refractivity (Wildman–Crippen MR) is 127 cm³/mol. The first-order chi connectivity index (χ1) is 16.2. The summed E-state index contributed by atoms with van der Waals surface area (Å²) in [7, 11) is 1.63. The van der Waals surface area contributed by atoms with E-state index in [1.54, 1.807) is 25.3 Å². The molecule has 3 aromatic rings. The third-order valence-corrected chi connectivity index (χ3v) is 5.68. The van der Waals surface area contributed by atoms with Crippen LogP contribution in [0.4, 0.5) is 11.4 Å². The molecule has 0 saturated heterocycles. The highest BCUT2D eigenvalue weighted by Gasteiger charge is 2.28. The van der Waals surface area contributed by atoms with Crippen molar-refractivity contribution in [2.45, 2.75) is 19.3 Å². The van der Waals surface area contributed by atoms with E-state index in [-0.39, 0.29) is 18.6 Å². The highest BCUT2D eigenvalue weighted by molar-refractivity contribution is 6.19. The Bertz CT molecular complexity index is 1260. The van der Waals surface area contributed by atoms with E-state index in [9.17, 15) is 4.79 Å². The fourth-order valence-corrected chi connectivity index (χ4v) is 3.98. The van der Waals surface area contributed by atoms with Gasteiger partial charge in [0.05, 0.1) is 24.4 Å². The van der Waals surface area contributed by atoms with Crippen LogP contribution in [-0.2, 0) is 0 Å². The molecule has 0 bridgehead atoms. The van der Waals surface area contributed by atoms with E-state index in [0.29, 0.717) is 35.0 Å². The fourth-order valence-electron chi connectivity index (χ4n) is 3.98. The number of hydrogen-bond acceptors (Lipinski definition) is 6. The van der Waals surface area contributed by atoms with Crippen LogP contribution in [-0.4, -0.2) is 31.4 Å². The molecule has 1 atom stereocenters. The van der Waals surface area contributed by atoms with Crippen LogP contribution in [0.1, 0.15) is 35.2 Å². The van der Waals surface area contributed by atoms with Gasteiger partial charge in [0.2, 0.25) is 6.79 Å². The van der Waals surface area contributed by atoms with Crippen LogP contribution in [0.25, 0.3) is 0 Å². The van der Waals surface area contributed by atoms with Crippen molar-refractivity contribution in [3.8, 4) is 17.2 Å². The summed E-state index contributed by atoms with van der Waals surface area (Å²) in [6, 6.07) is 20.6. The Kier molecular flexibility index (Phi) is 5.52. The Morgan fingerprint density at radius 2 is 1.73 bits per heavy atom. The molecule has 0 spiro atoms. The molecular formula is C26H23N3O4. The maximum absolute atomic E-state index is 13.3. The van der Waals surface area contributed by atoms with E-state index >= 15 is 0 Å². The van der Waals surface area contributed by atoms with Gasteiger partial charge in [-0.15, -0.1) is 0 Å². The van der Waals surface area contributed by atoms with Crippen molar-refractivity contribution >= 4 is 28.8 Å². The van der Waals surface area contributed by atoms with Gasteiger partial charge in [-0.05, 0) is 54.4 Å². The third kappa shape index (κ3) is 4.05. The summed E-state index contributed by atoms with van der Waals surface area (Å²) in [5.74, 6) is 1.87. The van der Waals surface area contributed by atoms with Crippen molar-refractivity contribution < 1.29 is 19.0 Å². The highest BCUT2D eigenvalue weighted by atomic mass is 16.7. The van der Waals surface area contributed by atoms with Gasteiger partial charge >= 0.3 is 0 Å². The van der Waals surface area contributed by atoms with E-state index in [0.717, 1.165) is 22.7 Å². The number of methoxy groups -OCH3 is 1. The maximum atomic E-state index is 13.3. The topological polar surface area (TPSA) is 81.5 Å². The molecule has 2 aliphatic rings. The molecule has 5 rings (SSSR count). The molecular weight excluding hydrogens is 418 g/mol. The van der Waals surface area contributed by atoms with Crippen LogP contribution in [0.3, 0.4) is 0 Å². The zero-order valence-corrected chi connectivity index (χ0v) is 18.4. The number of amides is 1. The van der Waals surface area contributed by atoms with Gasteiger partial charge in [-0.2, -0.15) is 0 Å². The average molecular weight is 441 g/mol. The smallest absolute Gasteiger partial charge is 0.256 e. The van der Waals surface area contributed by atoms with Gasteiger partial charge in [0.1, 0.15) is 11.6 Å². The first-order valence-electron chi connectivity index (χ1n) is 10.8. The SMILES string of the molecule is CCC1=Nc2ccccc2N=C(NC(=O)c2ccc3c(c2)OCO3)[C@H]1c1ccc(OC)cc1. The van der Waals surface area contributed by atoms with Gasteiger partial charge in [0.15, 0.2) is 11.5 Å². The molecule has 0 unspecified atom stereocenters. The summed E-state index contributed by atoms with van der Waals surface area (Å²) in [5, 5.41) is 3.05. The summed E-state index contributed by atoms with van der Waals surface area (Å²) < 4.78 is 16.1. The molecule has 1 N–H and O–H groups in total. The van der Waals surface area contributed by atoms with E-state index in [1.807, 2.05) is 48.5 Å². The number of fused-ring (bicyclic) bond motifs is 2. The van der Waals surface area contributed by atoms with E-state index in [1.165, 1.54) is 0 Å². The molecule has 166 valence electrons. The summed E-state index contributed by atoms with van der Waals surface area (Å²) in [4.78, 5) is 23.0. The number of ether oxygens (including phenoxy) is 3. The highest BCUT2D eigenvalue weighted by Crippen LogP contribution is 2.36. The van der Waals surface area contributed by atoms with Gasteiger partial charge in [0, 0.05) is 11.3 Å². The number of hydrogen-bond donors (Lipinski definition) is 1. The lowest BCUT2D eigenvalue weighted by molar-refractivity contribution is 0.0976. The molecule has 0 radical (unpaired) electrons. The third-order valence-electron chi connectivity index (χ3n) is 5.68. The Hall–Kier alpha value is -4.13. The second-order valence-electron chi connectivity index (χ2n) is 7.67. The quantitative estimate of drug-likeness (QED) is 0.606. The van der Waals surface area contributed by atoms with E-state index < -0.39 is 0 Å². The molecule has 2 aliphatic heterocycles. The van der Waals surface area contributed by atoms with Crippen LogP contribution >= 0.6 is 0 Å². The van der Waals surface area contributed by atoms with Gasteiger partial charge in [-0.25, -0.2) is 4.99 Å². The van der Waals surface area contributed by atoms with Crippen molar-refractivity contribution in [3.05, 3.63) is 77.9 Å². The van der Waals surface area contributed by atoms with Crippen LogP contribution in [0.5, 0.6) is 17.2 Å². The van der Waals surface area contributed by atoms with Crippen molar-refractivity contribution in [3.63, 3.8) is 0 Å². The minimum Gasteiger partial charge on any atom is -0.497 e. The molecule has 0 aliphatic carbocycles. The molecule has 7 nitrogen and oxygen atoms in total. The lowest BCUT2D eigenvalue weighted by Crippen LogP contribution is -2.37. The molecule has 7 heteroatoms. The number of nitrogens with one attached hydrogen (secondary N) is 1. The molecule has 2 heterocycles. The zero-order chi connectivity index (χ0) is 22.8. The summed E-state index contributed by atoms with van der Waals surface area (Å²) in [6.45, 7) is 2.21. The van der Waals surface area contributed by atoms with Gasteiger partial charge in [-0.3, -0.25) is 9.79 Å². The second kappa shape index (κ2) is 8.78. The monoisotopic (exact) mass is 441 g/mol. The number of carbonyl (C=O) groups is 1. The number of carbonyl (C=O) groups excluding carboxylic acids is 1. The van der Waals surface area contributed by atoms with Crippen LogP contribution in [0, 0.1) is 0 Å². The average Bonchev–Trinajstić information content (AvgIpc) is 3.26. The number of nitrogens with zero attached hydrogens (tertiary/aromatic N) is 2. The molecule has 1 amide bonds. The van der Waals surface area contributed by atoms with E-state index in [2.05, 4.69) is 12.2 Å². The largest absolute Gasteiger partial charge is 0.497 e. The van der Waals surface area contributed by atoms with Crippen molar-refractivity contribution in [1.82, 2.24) is 5.32 Å². The Balaban J connectivity index is 1.56. The van der Waals surface area contributed by atoms with Crippen LogP contribution in [0.2, 0.25) is 0 Å². The van der Waals surface area contributed by atoms with Gasteiger partial charge < -0.3 is 19.5 Å². The first kappa shape index (κ1) is 20.8. The number of benzene rings is 3. The molecule has 0 fully saturated rings. The summed E-state index contributed by atoms with van der Waals surface area (Å²) in [5.41, 5.74) is 3.83. The molecule has 0 saturated carbocycles. The van der Waals surface area contributed by atoms with Gasteiger partial charge in [-0.1, -0.05) is 31.2 Å². The molecule has 33 heavy (non-hydrogen) atoms.